The third-order valence-corrected chi connectivity index (χ3v) is 3.39. The lowest BCUT2D eigenvalue weighted by Gasteiger charge is -2.10. The van der Waals surface area contributed by atoms with E-state index in [1.54, 1.807) is 6.07 Å². The second-order valence-electron chi connectivity index (χ2n) is 4.88. The van der Waals surface area contributed by atoms with E-state index in [0.717, 1.165) is 31.0 Å². The van der Waals surface area contributed by atoms with Crippen molar-refractivity contribution in [3.63, 3.8) is 0 Å². The van der Waals surface area contributed by atoms with Gasteiger partial charge in [0.1, 0.15) is 12.3 Å². The van der Waals surface area contributed by atoms with Crippen molar-refractivity contribution in [3.05, 3.63) is 23.2 Å². The first-order valence-corrected chi connectivity index (χ1v) is 6.47. The van der Waals surface area contributed by atoms with Crippen LogP contribution < -0.4 is 15.3 Å². The topological polar surface area (TPSA) is 86.8 Å². The monoisotopic (exact) mass is 266 g/mol. The molecule has 1 aromatic rings. The van der Waals surface area contributed by atoms with Crippen LogP contribution in [-0.2, 0) is 11.3 Å². The van der Waals surface area contributed by atoms with Crippen LogP contribution in [0.4, 0.5) is 0 Å². The molecule has 1 aromatic heterocycles. The maximum atomic E-state index is 11.6. The van der Waals surface area contributed by atoms with Gasteiger partial charge >= 0.3 is 0 Å². The van der Waals surface area contributed by atoms with E-state index in [1.165, 1.54) is 17.7 Å². The molecule has 2 heterocycles. The lowest BCUT2D eigenvalue weighted by Crippen LogP contribution is -3.08. The average Bonchev–Trinajstić information content (AvgIpc) is 2.98. The summed E-state index contributed by atoms with van der Waals surface area (Å²) in [5.74, 6) is -0.960. The van der Waals surface area contributed by atoms with E-state index in [-0.39, 0.29) is 5.76 Å². The third kappa shape index (κ3) is 3.57. The number of nitrogens with one attached hydrogen (secondary N) is 2. The van der Waals surface area contributed by atoms with Crippen molar-refractivity contribution in [3.8, 4) is 0 Å². The largest absolute Gasteiger partial charge is 0.548 e. The van der Waals surface area contributed by atoms with Crippen molar-refractivity contribution < 1.29 is 24.0 Å². The number of carbonyl (C=O) groups is 2. The number of quaternary nitrogens is 1. The molecule has 0 aliphatic carbocycles. The SMILES string of the molecule is Cc1oc(C(=O)NCC(=O)[O-])cc1C[NH+]1CCCC1. The zero-order chi connectivity index (χ0) is 13.8. The van der Waals surface area contributed by atoms with Crippen LogP contribution in [0.15, 0.2) is 10.5 Å². The molecule has 1 aliphatic rings. The van der Waals surface area contributed by atoms with Crippen LogP contribution >= 0.6 is 0 Å². The second-order valence-corrected chi connectivity index (χ2v) is 4.88. The minimum absolute atomic E-state index is 0.160. The van der Waals surface area contributed by atoms with E-state index in [1.807, 2.05) is 6.92 Å². The van der Waals surface area contributed by atoms with Gasteiger partial charge in [0.15, 0.2) is 5.76 Å². The van der Waals surface area contributed by atoms with Gasteiger partial charge in [0, 0.05) is 18.4 Å². The molecule has 1 saturated heterocycles. The molecule has 19 heavy (non-hydrogen) atoms. The summed E-state index contributed by atoms with van der Waals surface area (Å²) < 4.78 is 5.38. The van der Waals surface area contributed by atoms with Gasteiger partial charge in [-0.05, 0) is 13.0 Å². The van der Waals surface area contributed by atoms with E-state index in [2.05, 4.69) is 5.32 Å². The first-order valence-electron chi connectivity index (χ1n) is 6.47. The van der Waals surface area contributed by atoms with Gasteiger partial charge in [-0.1, -0.05) is 0 Å². The molecule has 0 spiro atoms. The predicted octanol–water partition coefficient (Wildman–Crippen LogP) is -1.75. The molecule has 0 unspecified atom stereocenters. The van der Waals surface area contributed by atoms with E-state index in [4.69, 9.17) is 4.42 Å². The maximum absolute atomic E-state index is 11.6. The number of likely N-dealkylation sites (tertiary alicyclic amines) is 1. The first-order chi connectivity index (χ1) is 9.06. The summed E-state index contributed by atoms with van der Waals surface area (Å²) in [6, 6.07) is 1.70. The summed E-state index contributed by atoms with van der Waals surface area (Å²) in [6.45, 7) is 4.46. The van der Waals surface area contributed by atoms with Gasteiger partial charge in [-0.3, -0.25) is 4.79 Å². The number of aliphatic carboxylic acids is 1. The Bertz CT molecular complexity index is 475. The summed E-state index contributed by atoms with van der Waals surface area (Å²) in [5.41, 5.74) is 1.01. The van der Waals surface area contributed by atoms with Crippen LogP contribution in [-0.4, -0.2) is 31.5 Å². The maximum Gasteiger partial charge on any atom is 0.287 e. The Hall–Kier alpha value is -1.82. The van der Waals surface area contributed by atoms with Crippen molar-refractivity contribution in [2.75, 3.05) is 19.6 Å². The Morgan fingerprint density at radius 3 is 2.74 bits per heavy atom. The third-order valence-electron chi connectivity index (χ3n) is 3.39. The molecular weight excluding hydrogens is 248 g/mol. The summed E-state index contributed by atoms with van der Waals surface area (Å²) in [6.07, 6.45) is 2.48. The minimum Gasteiger partial charge on any atom is -0.548 e. The number of hydrogen-bond donors (Lipinski definition) is 2. The number of hydrogen-bond acceptors (Lipinski definition) is 4. The number of furan rings is 1. The van der Waals surface area contributed by atoms with E-state index < -0.39 is 18.4 Å². The predicted molar refractivity (Wildman–Crippen MR) is 64.4 cm³/mol. The molecule has 2 N–H and O–H groups in total. The van der Waals surface area contributed by atoms with Crippen LogP contribution in [0.1, 0.15) is 34.7 Å². The average molecular weight is 266 g/mol. The molecule has 1 fully saturated rings. The van der Waals surface area contributed by atoms with Crippen molar-refractivity contribution in [1.82, 2.24) is 5.32 Å². The fourth-order valence-electron chi connectivity index (χ4n) is 2.37. The van der Waals surface area contributed by atoms with Crippen molar-refractivity contribution >= 4 is 11.9 Å². The van der Waals surface area contributed by atoms with E-state index in [0.29, 0.717) is 0 Å². The zero-order valence-corrected chi connectivity index (χ0v) is 11.0. The Labute approximate surface area is 111 Å². The van der Waals surface area contributed by atoms with E-state index in [9.17, 15) is 14.7 Å². The van der Waals surface area contributed by atoms with Gasteiger partial charge in [0.25, 0.3) is 5.91 Å². The molecule has 0 aromatic carbocycles. The Morgan fingerprint density at radius 1 is 1.42 bits per heavy atom. The molecule has 104 valence electrons. The van der Waals surface area contributed by atoms with Crippen molar-refractivity contribution in [2.24, 2.45) is 0 Å². The summed E-state index contributed by atoms with van der Waals surface area (Å²) in [7, 11) is 0. The minimum atomic E-state index is -1.32. The molecular formula is C13H18N2O4. The highest BCUT2D eigenvalue weighted by Gasteiger charge is 2.20. The second kappa shape index (κ2) is 5.88. The quantitative estimate of drug-likeness (QED) is 0.661. The van der Waals surface area contributed by atoms with Crippen LogP contribution in [0, 0.1) is 6.92 Å². The number of rotatable bonds is 5. The fourth-order valence-corrected chi connectivity index (χ4v) is 2.37. The van der Waals surface area contributed by atoms with Crippen LogP contribution in [0.5, 0.6) is 0 Å². The van der Waals surface area contributed by atoms with Gasteiger partial charge in [-0.2, -0.15) is 0 Å². The van der Waals surface area contributed by atoms with Crippen LogP contribution in [0.3, 0.4) is 0 Å². The molecule has 0 radical (unpaired) electrons. The van der Waals surface area contributed by atoms with Gasteiger partial charge in [-0.15, -0.1) is 0 Å². The summed E-state index contributed by atoms with van der Waals surface area (Å²) >= 11 is 0. The van der Waals surface area contributed by atoms with Crippen LogP contribution in [0.2, 0.25) is 0 Å². The Kier molecular flexibility index (Phi) is 4.21. The smallest absolute Gasteiger partial charge is 0.287 e. The van der Waals surface area contributed by atoms with Crippen molar-refractivity contribution in [1.29, 1.82) is 0 Å². The number of amides is 1. The number of aryl methyl sites for hydroxylation is 1. The number of carboxylic acid groups (broad SMARTS) is 1. The van der Waals surface area contributed by atoms with E-state index >= 15 is 0 Å². The zero-order valence-electron chi connectivity index (χ0n) is 11.0. The number of carbonyl (C=O) groups excluding carboxylic acids is 2. The fraction of sp³-hybridized carbons (Fsp3) is 0.538. The van der Waals surface area contributed by atoms with Gasteiger partial charge in [0.2, 0.25) is 0 Å². The highest BCUT2D eigenvalue weighted by atomic mass is 16.4. The lowest BCUT2D eigenvalue weighted by atomic mass is 10.2. The van der Waals surface area contributed by atoms with Gasteiger partial charge < -0.3 is 24.5 Å². The molecule has 6 heteroatoms. The summed E-state index contributed by atoms with van der Waals surface area (Å²) in [5, 5.41) is 12.5. The standard InChI is InChI=1S/C13H18N2O4/c1-9-10(8-15-4-2-3-5-15)6-11(19-9)13(18)14-7-12(16)17/h6H,2-5,7-8H2,1H3,(H,14,18)(H,16,17). The highest BCUT2D eigenvalue weighted by Crippen LogP contribution is 2.14. The highest BCUT2D eigenvalue weighted by molar-refractivity contribution is 5.93. The summed E-state index contributed by atoms with van der Waals surface area (Å²) in [4.78, 5) is 23.4. The normalized spacial score (nSPS) is 15.6. The lowest BCUT2D eigenvalue weighted by molar-refractivity contribution is -0.901. The first kappa shape index (κ1) is 13.6. The van der Waals surface area contributed by atoms with Crippen molar-refractivity contribution in [2.45, 2.75) is 26.3 Å². The molecule has 2 rings (SSSR count). The molecule has 1 aliphatic heterocycles. The van der Waals surface area contributed by atoms with Gasteiger partial charge in [-0.25, -0.2) is 0 Å². The van der Waals surface area contributed by atoms with Crippen LogP contribution in [0.25, 0.3) is 0 Å². The molecule has 0 saturated carbocycles. The number of carboxylic acids is 1. The Balaban J connectivity index is 1.98. The molecule has 0 atom stereocenters. The molecule has 1 amide bonds. The molecule has 0 bridgehead atoms. The van der Waals surface area contributed by atoms with Gasteiger partial charge in [0.05, 0.1) is 25.6 Å². The Morgan fingerprint density at radius 2 is 2.11 bits per heavy atom. The molecule has 6 nitrogen and oxygen atoms in total.